The molecule has 0 spiro atoms. The lowest BCUT2D eigenvalue weighted by molar-refractivity contribution is -0.140. The minimum atomic E-state index is -5.00. The standard InChI is InChI=1S/C29H26F7N5O3S/c30-26-9-6-22(15-25(26)29(34,35)36)38-27(42)41(24-7-4-20(5-8-24)21-3-1-2-19(14-21)16-37)13-12-40-11-10-23(17-40)39-45(43,44)18-28(31,32)33/h1-9,14-15,23,39H,10-13,17-18H2,(H,38,42)/t23-/m1/s1. The number of amides is 2. The Bertz CT molecular complexity index is 1670. The van der Waals surface area contributed by atoms with Crippen molar-refractivity contribution in [2.75, 3.05) is 42.1 Å². The number of rotatable bonds is 9. The first-order chi connectivity index (χ1) is 21.0. The number of alkyl halides is 6. The van der Waals surface area contributed by atoms with Gasteiger partial charge in [-0.15, -0.1) is 0 Å². The molecule has 45 heavy (non-hydrogen) atoms. The van der Waals surface area contributed by atoms with Crippen molar-refractivity contribution in [3.8, 4) is 17.2 Å². The number of urea groups is 1. The Morgan fingerprint density at radius 1 is 1.00 bits per heavy atom. The van der Waals surface area contributed by atoms with Crippen molar-refractivity contribution < 1.29 is 43.9 Å². The zero-order chi connectivity index (χ0) is 33.0. The van der Waals surface area contributed by atoms with Crippen molar-refractivity contribution in [2.24, 2.45) is 0 Å². The number of carbonyl (C=O) groups excluding carboxylic acids is 1. The molecule has 1 aliphatic heterocycles. The van der Waals surface area contributed by atoms with E-state index in [4.69, 9.17) is 0 Å². The van der Waals surface area contributed by atoms with Crippen molar-refractivity contribution >= 4 is 27.4 Å². The summed E-state index contributed by atoms with van der Waals surface area (Å²) >= 11 is 0. The molecule has 3 aromatic carbocycles. The van der Waals surface area contributed by atoms with Crippen LogP contribution in [0.5, 0.6) is 0 Å². The third-order valence-corrected chi connectivity index (χ3v) is 8.28. The van der Waals surface area contributed by atoms with Crippen LogP contribution in [0, 0.1) is 17.1 Å². The van der Waals surface area contributed by atoms with E-state index >= 15 is 0 Å². The summed E-state index contributed by atoms with van der Waals surface area (Å²) in [6.45, 7) is 0.446. The molecular weight excluding hydrogens is 631 g/mol. The molecule has 2 amide bonds. The maximum atomic E-state index is 13.8. The quantitative estimate of drug-likeness (QED) is 0.276. The van der Waals surface area contributed by atoms with Crippen LogP contribution >= 0.6 is 0 Å². The Morgan fingerprint density at radius 3 is 2.36 bits per heavy atom. The van der Waals surface area contributed by atoms with Gasteiger partial charge < -0.3 is 5.32 Å². The average Bonchev–Trinajstić information content (AvgIpc) is 3.38. The van der Waals surface area contributed by atoms with Gasteiger partial charge in [0.1, 0.15) is 5.82 Å². The molecule has 1 saturated heterocycles. The zero-order valence-electron chi connectivity index (χ0n) is 23.3. The fourth-order valence-electron chi connectivity index (χ4n) is 4.85. The highest BCUT2D eigenvalue weighted by Crippen LogP contribution is 2.33. The van der Waals surface area contributed by atoms with E-state index in [1.165, 1.54) is 4.90 Å². The van der Waals surface area contributed by atoms with Gasteiger partial charge in [-0.2, -0.15) is 31.6 Å². The third kappa shape index (κ3) is 9.40. The molecule has 8 nitrogen and oxygen atoms in total. The molecule has 240 valence electrons. The predicted molar refractivity (Wildman–Crippen MR) is 152 cm³/mol. The number of halogens is 7. The third-order valence-electron chi connectivity index (χ3n) is 6.88. The molecule has 0 unspecified atom stereocenters. The summed E-state index contributed by atoms with van der Waals surface area (Å²) in [7, 11) is -4.62. The number of hydrogen-bond donors (Lipinski definition) is 2. The number of hydrogen-bond acceptors (Lipinski definition) is 5. The second-order valence-corrected chi connectivity index (χ2v) is 12.0. The summed E-state index contributed by atoms with van der Waals surface area (Å²) in [5.74, 6) is -3.52. The molecule has 2 N–H and O–H groups in total. The van der Waals surface area contributed by atoms with Gasteiger partial charge in [-0.05, 0) is 66.6 Å². The molecular formula is C29H26F7N5O3S. The van der Waals surface area contributed by atoms with E-state index in [1.54, 1.807) is 53.4 Å². The van der Waals surface area contributed by atoms with E-state index in [9.17, 15) is 49.2 Å². The number of sulfonamides is 1. The SMILES string of the molecule is N#Cc1cccc(-c2ccc(N(CCN3CC[C@@H](NS(=O)(=O)CC(F)(F)F)C3)C(=O)Nc3ccc(F)c(C(F)(F)F)c3)cc2)c1. The van der Waals surface area contributed by atoms with Crippen LogP contribution in [-0.2, 0) is 16.2 Å². The lowest BCUT2D eigenvalue weighted by Crippen LogP contribution is -2.43. The van der Waals surface area contributed by atoms with Gasteiger partial charge in [0, 0.05) is 37.1 Å². The van der Waals surface area contributed by atoms with Crippen LogP contribution in [0.1, 0.15) is 17.5 Å². The molecule has 3 aromatic rings. The molecule has 16 heteroatoms. The van der Waals surface area contributed by atoms with Crippen LogP contribution in [-0.4, -0.2) is 63.5 Å². The first kappa shape index (κ1) is 33.7. The molecule has 0 aromatic heterocycles. The summed E-state index contributed by atoms with van der Waals surface area (Å²) in [6.07, 6.45) is -9.69. The number of anilines is 2. The van der Waals surface area contributed by atoms with Gasteiger partial charge in [0.05, 0.1) is 17.2 Å². The summed E-state index contributed by atoms with van der Waals surface area (Å²) in [6, 6.07) is 15.7. The van der Waals surface area contributed by atoms with E-state index in [0.717, 1.165) is 11.6 Å². The Kier molecular flexibility index (Phi) is 10.1. The number of carbonyl (C=O) groups is 1. The molecule has 0 saturated carbocycles. The predicted octanol–water partition coefficient (Wildman–Crippen LogP) is 5.98. The van der Waals surface area contributed by atoms with Gasteiger partial charge in [0.15, 0.2) is 5.75 Å². The second kappa shape index (κ2) is 13.4. The Hall–Kier alpha value is -4.20. The highest BCUT2D eigenvalue weighted by atomic mass is 32.2. The first-order valence-electron chi connectivity index (χ1n) is 13.4. The van der Waals surface area contributed by atoms with Gasteiger partial charge in [-0.25, -0.2) is 22.3 Å². The monoisotopic (exact) mass is 657 g/mol. The first-order valence-corrected chi connectivity index (χ1v) is 15.0. The topological polar surface area (TPSA) is 106 Å². The summed E-state index contributed by atoms with van der Waals surface area (Å²) in [4.78, 5) is 16.3. The van der Waals surface area contributed by atoms with Gasteiger partial charge >= 0.3 is 18.4 Å². The number of nitriles is 1. The van der Waals surface area contributed by atoms with E-state index in [1.807, 2.05) is 10.8 Å². The molecule has 0 aliphatic carbocycles. The molecule has 4 rings (SSSR count). The van der Waals surface area contributed by atoms with E-state index in [0.29, 0.717) is 35.5 Å². The maximum absolute atomic E-state index is 13.8. The molecule has 1 atom stereocenters. The second-order valence-electron chi connectivity index (χ2n) is 10.3. The highest BCUT2D eigenvalue weighted by molar-refractivity contribution is 7.89. The Morgan fingerprint density at radius 2 is 1.71 bits per heavy atom. The summed E-state index contributed by atoms with van der Waals surface area (Å²) in [5.41, 5.74) is 0.305. The number of nitrogens with one attached hydrogen (secondary N) is 2. The smallest absolute Gasteiger partial charge is 0.308 e. The molecule has 0 bridgehead atoms. The lowest BCUT2D eigenvalue weighted by Gasteiger charge is -2.26. The molecule has 0 radical (unpaired) electrons. The van der Waals surface area contributed by atoms with Crippen molar-refractivity contribution in [1.82, 2.24) is 9.62 Å². The largest absolute Gasteiger partial charge is 0.419 e. The van der Waals surface area contributed by atoms with Crippen molar-refractivity contribution in [3.63, 3.8) is 0 Å². The zero-order valence-corrected chi connectivity index (χ0v) is 24.1. The van der Waals surface area contributed by atoms with Gasteiger partial charge in [-0.3, -0.25) is 9.80 Å². The Balaban J connectivity index is 1.52. The van der Waals surface area contributed by atoms with Crippen LogP contribution < -0.4 is 14.9 Å². The molecule has 1 heterocycles. The Labute approximate surface area is 254 Å². The van der Waals surface area contributed by atoms with Crippen LogP contribution in [0.4, 0.5) is 46.9 Å². The number of likely N-dealkylation sites (tertiary alicyclic amines) is 1. The van der Waals surface area contributed by atoms with Gasteiger partial charge in [0.2, 0.25) is 10.0 Å². The van der Waals surface area contributed by atoms with Crippen molar-refractivity contribution in [2.45, 2.75) is 24.8 Å². The van der Waals surface area contributed by atoms with Crippen molar-refractivity contribution in [3.05, 3.63) is 83.7 Å². The fourth-order valence-corrected chi connectivity index (χ4v) is 6.06. The van der Waals surface area contributed by atoms with Crippen molar-refractivity contribution in [1.29, 1.82) is 5.26 Å². The van der Waals surface area contributed by atoms with Crippen LogP contribution in [0.15, 0.2) is 66.7 Å². The lowest BCUT2D eigenvalue weighted by atomic mass is 10.0. The van der Waals surface area contributed by atoms with Crippen LogP contribution in [0.3, 0.4) is 0 Å². The number of benzene rings is 3. The fraction of sp³-hybridized carbons (Fsp3) is 0.310. The van der Waals surface area contributed by atoms with Crippen LogP contribution in [0.25, 0.3) is 11.1 Å². The average molecular weight is 658 g/mol. The molecule has 1 fully saturated rings. The normalized spacial score (nSPS) is 15.9. The maximum Gasteiger partial charge on any atom is 0.419 e. The van der Waals surface area contributed by atoms with Gasteiger partial charge in [0.25, 0.3) is 0 Å². The summed E-state index contributed by atoms with van der Waals surface area (Å²) < 4.78 is 117. The van der Waals surface area contributed by atoms with Gasteiger partial charge in [-0.1, -0.05) is 24.3 Å². The summed E-state index contributed by atoms with van der Waals surface area (Å²) in [5, 5.41) is 11.5. The van der Waals surface area contributed by atoms with E-state index in [2.05, 4.69) is 5.32 Å². The van der Waals surface area contributed by atoms with E-state index < -0.39 is 51.6 Å². The number of nitrogens with zero attached hydrogens (tertiary/aromatic N) is 3. The highest BCUT2D eigenvalue weighted by Gasteiger charge is 2.37. The minimum absolute atomic E-state index is 0.0511. The van der Waals surface area contributed by atoms with E-state index in [-0.39, 0.29) is 31.7 Å². The molecule has 1 aliphatic rings. The van der Waals surface area contributed by atoms with Crippen LogP contribution in [0.2, 0.25) is 0 Å². The minimum Gasteiger partial charge on any atom is -0.308 e.